The standard InChI is InChI=1S/C12H16F3NO3S/c1-9(17)10-4-3-5-11(8-10)20(18,19)16(2)7-6-12(13,14)15/h3-5,8-9,17H,6-7H2,1-2H3. The topological polar surface area (TPSA) is 57.6 Å². The Morgan fingerprint density at radius 2 is 1.95 bits per heavy atom. The zero-order valence-corrected chi connectivity index (χ0v) is 11.9. The zero-order chi connectivity index (χ0) is 15.6. The van der Waals surface area contributed by atoms with Crippen LogP contribution in [0.1, 0.15) is 25.0 Å². The molecular formula is C12H16F3NO3S. The Labute approximate surface area is 115 Å². The third-order valence-electron chi connectivity index (χ3n) is 2.76. The zero-order valence-electron chi connectivity index (χ0n) is 11.1. The molecule has 0 fully saturated rings. The lowest BCUT2D eigenvalue weighted by Gasteiger charge is -2.18. The van der Waals surface area contributed by atoms with Crippen molar-refractivity contribution in [3.8, 4) is 0 Å². The fraction of sp³-hybridized carbons (Fsp3) is 0.500. The molecule has 0 aromatic heterocycles. The number of hydrogen-bond donors (Lipinski definition) is 1. The van der Waals surface area contributed by atoms with Crippen LogP contribution in [-0.2, 0) is 10.0 Å². The van der Waals surface area contributed by atoms with Gasteiger partial charge in [0.15, 0.2) is 0 Å². The van der Waals surface area contributed by atoms with Gasteiger partial charge in [-0.05, 0) is 24.6 Å². The molecular weight excluding hydrogens is 295 g/mol. The second-order valence-corrected chi connectivity index (χ2v) is 6.49. The molecule has 0 aliphatic heterocycles. The Kier molecular flexibility index (Phi) is 5.17. The summed E-state index contributed by atoms with van der Waals surface area (Å²) in [5, 5.41) is 9.41. The van der Waals surface area contributed by atoms with E-state index in [4.69, 9.17) is 0 Å². The van der Waals surface area contributed by atoms with Gasteiger partial charge in [0.25, 0.3) is 0 Å². The largest absolute Gasteiger partial charge is 0.390 e. The summed E-state index contributed by atoms with van der Waals surface area (Å²) < 4.78 is 61.2. The number of sulfonamides is 1. The molecule has 1 unspecified atom stereocenters. The first-order valence-electron chi connectivity index (χ1n) is 5.85. The molecule has 1 aromatic rings. The Morgan fingerprint density at radius 1 is 1.35 bits per heavy atom. The van der Waals surface area contributed by atoms with Gasteiger partial charge in [-0.25, -0.2) is 12.7 Å². The number of rotatable bonds is 5. The van der Waals surface area contributed by atoms with Gasteiger partial charge in [-0.2, -0.15) is 13.2 Å². The van der Waals surface area contributed by atoms with Gasteiger partial charge in [-0.3, -0.25) is 0 Å². The average molecular weight is 311 g/mol. The van der Waals surface area contributed by atoms with Crippen molar-refractivity contribution in [3.05, 3.63) is 29.8 Å². The molecule has 1 rings (SSSR count). The Morgan fingerprint density at radius 3 is 2.45 bits per heavy atom. The van der Waals surface area contributed by atoms with E-state index in [2.05, 4.69) is 0 Å². The van der Waals surface area contributed by atoms with Gasteiger partial charge in [0.2, 0.25) is 10.0 Å². The molecule has 0 aliphatic carbocycles. The molecule has 0 saturated carbocycles. The van der Waals surface area contributed by atoms with Crippen molar-refractivity contribution in [2.75, 3.05) is 13.6 Å². The van der Waals surface area contributed by atoms with Crippen molar-refractivity contribution in [3.63, 3.8) is 0 Å². The summed E-state index contributed by atoms with van der Waals surface area (Å²) in [6.07, 6.45) is -6.48. The monoisotopic (exact) mass is 311 g/mol. The summed E-state index contributed by atoms with van der Waals surface area (Å²) in [5.74, 6) is 0. The number of alkyl halides is 3. The van der Waals surface area contributed by atoms with Crippen molar-refractivity contribution < 1.29 is 26.7 Å². The molecule has 8 heteroatoms. The Balaban J connectivity index is 2.95. The number of halogens is 3. The molecule has 1 N–H and O–H groups in total. The molecule has 114 valence electrons. The smallest absolute Gasteiger partial charge is 0.389 e. The minimum Gasteiger partial charge on any atom is -0.389 e. The number of aliphatic hydroxyl groups is 1. The van der Waals surface area contributed by atoms with Crippen LogP contribution in [0.2, 0.25) is 0 Å². The van der Waals surface area contributed by atoms with Crippen LogP contribution in [0, 0.1) is 0 Å². The first-order chi connectivity index (χ1) is 9.04. The number of aliphatic hydroxyl groups excluding tert-OH is 1. The van der Waals surface area contributed by atoms with E-state index >= 15 is 0 Å². The lowest BCUT2D eigenvalue weighted by atomic mass is 10.1. The first kappa shape index (κ1) is 16.9. The SMILES string of the molecule is CC(O)c1cccc(S(=O)(=O)N(C)CCC(F)(F)F)c1. The first-order valence-corrected chi connectivity index (χ1v) is 7.29. The molecule has 4 nitrogen and oxygen atoms in total. The van der Waals surface area contributed by atoms with Crippen LogP contribution >= 0.6 is 0 Å². The highest BCUT2D eigenvalue weighted by molar-refractivity contribution is 7.89. The van der Waals surface area contributed by atoms with Crippen molar-refractivity contribution in [2.24, 2.45) is 0 Å². The quantitative estimate of drug-likeness (QED) is 0.908. The van der Waals surface area contributed by atoms with Crippen LogP contribution in [0.3, 0.4) is 0 Å². The van der Waals surface area contributed by atoms with Gasteiger partial charge in [0.1, 0.15) is 0 Å². The van der Waals surface area contributed by atoms with Crippen molar-refractivity contribution in [2.45, 2.75) is 30.5 Å². The Bertz CT molecular complexity index is 555. The van der Waals surface area contributed by atoms with Crippen LogP contribution in [0.4, 0.5) is 13.2 Å². The fourth-order valence-electron chi connectivity index (χ4n) is 1.52. The predicted octanol–water partition coefficient (Wildman–Crippen LogP) is 2.31. The maximum absolute atomic E-state index is 12.1. The maximum Gasteiger partial charge on any atom is 0.390 e. The average Bonchev–Trinajstić information content (AvgIpc) is 2.35. The minimum absolute atomic E-state index is 0.138. The normalized spacial score (nSPS) is 14.6. The van der Waals surface area contributed by atoms with E-state index in [1.54, 1.807) is 6.07 Å². The Hall–Kier alpha value is -1.12. The summed E-state index contributed by atoms with van der Waals surface area (Å²) in [5.41, 5.74) is 0.385. The van der Waals surface area contributed by atoms with Gasteiger partial charge in [0, 0.05) is 13.6 Å². The van der Waals surface area contributed by atoms with Crippen molar-refractivity contribution in [1.82, 2.24) is 4.31 Å². The predicted molar refractivity (Wildman–Crippen MR) is 67.6 cm³/mol. The molecule has 0 saturated heterocycles. The van der Waals surface area contributed by atoms with Gasteiger partial charge in [-0.15, -0.1) is 0 Å². The number of benzene rings is 1. The molecule has 20 heavy (non-hydrogen) atoms. The third kappa shape index (κ3) is 4.46. The van der Waals surface area contributed by atoms with Crippen molar-refractivity contribution in [1.29, 1.82) is 0 Å². The molecule has 0 heterocycles. The van der Waals surface area contributed by atoms with E-state index in [9.17, 15) is 26.7 Å². The van der Waals surface area contributed by atoms with E-state index in [1.165, 1.54) is 25.1 Å². The van der Waals surface area contributed by atoms with Gasteiger partial charge < -0.3 is 5.11 Å². The summed E-state index contributed by atoms with van der Waals surface area (Å²) in [7, 11) is -2.90. The summed E-state index contributed by atoms with van der Waals surface area (Å²) in [4.78, 5) is -0.138. The highest BCUT2D eigenvalue weighted by atomic mass is 32.2. The second-order valence-electron chi connectivity index (χ2n) is 4.44. The van der Waals surface area contributed by atoms with E-state index in [-0.39, 0.29) is 4.90 Å². The fourth-order valence-corrected chi connectivity index (χ4v) is 2.75. The lowest BCUT2D eigenvalue weighted by Crippen LogP contribution is -2.30. The molecule has 1 aromatic carbocycles. The minimum atomic E-state index is -4.41. The van der Waals surface area contributed by atoms with Crippen LogP contribution in [0.5, 0.6) is 0 Å². The molecule has 0 aliphatic rings. The maximum atomic E-state index is 12.1. The van der Waals surface area contributed by atoms with E-state index in [0.29, 0.717) is 9.87 Å². The third-order valence-corrected chi connectivity index (χ3v) is 4.61. The summed E-state index contributed by atoms with van der Waals surface area (Å²) in [6.45, 7) is 0.823. The second kappa shape index (κ2) is 6.11. The number of hydrogen-bond acceptors (Lipinski definition) is 3. The van der Waals surface area contributed by atoms with E-state index < -0.39 is 35.3 Å². The summed E-state index contributed by atoms with van der Waals surface area (Å²) in [6, 6.07) is 5.52. The van der Waals surface area contributed by atoms with Crippen LogP contribution in [0.25, 0.3) is 0 Å². The van der Waals surface area contributed by atoms with E-state index in [0.717, 1.165) is 7.05 Å². The van der Waals surface area contributed by atoms with Gasteiger partial charge >= 0.3 is 6.18 Å². The summed E-state index contributed by atoms with van der Waals surface area (Å²) >= 11 is 0. The van der Waals surface area contributed by atoms with Gasteiger partial charge in [-0.1, -0.05) is 12.1 Å². The van der Waals surface area contributed by atoms with Gasteiger partial charge in [0.05, 0.1) is 17.4 Å². The number of nitrogens with zero attached hydrogens (tertiary/aromatic N) is 1. The molecule has 0 spiro atoms. The van der Waals surface area contributed by atoms with Crippen LogP contribution in [0.15, 0.2) is 29.2 Å². The molecule has 1 atom stereocenters. The van der Waals surface area contributed by atoms with Crippen LogP contribution in [-0.4, -0.2) is 37.6 Å². The highest BCUT2D eigenvalue weighted by Gasteiger charge is 2.30. The van der Waals surface area contributed by atoms with Crippen molar-refractivity contribution >= 4 is 10.0 Å². The molecule has 0 radical (unpaired) electrons. The molecule has 0 bridgehead atoms. The lowest BCUT2D eigenvalue weighted by molar-refractivity contribution is -0.135. The molecule has 0 amide bonds. The van der Waals surface area contributed by atoms with Crippen LogP contribution < -0.4 is 0 Å². The highest BCUT2D eigenvalue weighted by Crippen LogP contribution is 2.23. The van der Waals surface area contributed by atoms with E-state index in [1.807, 2.05) is 0 Å².